The van der Waals surface area contributed by atoms with Crippen molar-refractivity contribution < 1.29 is 13.9 Å². The Kier molecular flexibility index (Phi) is 4.45. The van der Waals surface area contributed by atoms with Crippen molar-refractivity contribution in [1.82, 2.24) is 5.32 Å². The third kappa shape index (κ3) is 2.95. The van der Waals surface area contributed by atoms with Gasteiger partial charge in [0.15, 0.2) is 5.76 Å². The lowest BCUT2D eigenvalue weighted by Crippen LogP contribution is -2.53. The second-order valence-corrected chi connectivity index (χ2v) is 5.16. The van der Waals surface area contributed by atoms with E-state index in [1.54, 1.807) is 6.07 Å². The minimum atomic E-state index is -0.214. The molecule has 1 N–H and O–H groups in total. The minimum Gasteiger partial charge on any atom is -0.456 e. The monoisotopic (exact) mass is 315 g/mol. The SMILES string of the molecule is CCc1ccc(C(=O)NC2(CBr)CCOCC2)o1. The van der Waals surface area contributed by atoms with Crippen LogP contribution in [0.25, 0.3) is 0 Å². The number of halogens is 1. The quantitative estimate of drug-likeness (QED) is 0.869. The summed E-state index contributed by atoms with van der Waals surface area (Å²) in [5.74, 6) is 1.08. The van der Waals surface area contributed by atoms with Crippen LogP contribution in [0.1, 0.15) is 36.1 Å². The van der Waals surface area contributed by atoms with Crippen molar-refractivity contribution in [1.29, 1.82) is 0 Å². The molecule has 18 heavy (non-hydrogen) atoms. The fourth-order valence-corrected chi connectivity index (χ4v) is 2.75. The van der Waals surface area contributed by atoms with Gasteiger partial charge in [-0.1, -0.05) is 22.9 Å². The highest BCUT2D eigenvalue weighted by Crippen LogP contribution is 2.23. The molecule has 0 saturated carbocycles. The molecular weight excluding hydrogens is 298 g/mol. The second kappa shape index (κ2) is 5.89. The molecule has 100 valence electrons. The van der Waals surface area contributed by atoms with Crippen LogP contribution in [0.4, 0.5) is 0 Å². The number of hydrogen-bond acceptors (Lipinski definition) is 3. The summed E-state index contributed by atoms with van der Waals surface area (Å²) in [6.45, 7) is 3.37. The molecule has 1 fully saturated rings. The van der Waals surface area contributed by atoms with Crippen molar-refractivity contribution in [3.05, 3.63) is 23.7 Å². The summed E-state index contributed by atoms with van der Waals surface area (Å²) in [6.07, 6.45) is 2.45. The van der Waals surface area contributed by atoms with Gasteiger partial charge in [0.05, 0.1) is 5.54 Å². The lowest BCUT2D eigenvalue weighted by molar-refractivity contribution is 0.0433. The van der Waals surface area contributed by atoms with Crippen LogP contribution >= 0.6 is 15.9 Å². The Labute approximate surface area is 115 Å². The van der Waals surface area contributed by atoms with E-state index in [2.05, 4.69) is 21.2 Å². The Morgan fingerprint density at radius 1 is 1.44 bits per heavy atom. The first kappa shape index (κ1) is 13.6. The molecule has 0 unspecified atom stereocenters. The fraction of sp³-hybridized carbons (Fsp3) is 0.615. The summed E-state index contributed by atoms with van der Waals surface area (Å²) in [7, 11) is 0. The number of carbonyl (C=O) groups is 1. The van der Waals surface area contributed by atoms with Crippen LogP contribution in [0.3, 0.4) is 0 Å². The summed E-state index contributed by atoms with van der Waals surface area (Å²) in [4.78, 5) is 12.1. The smallest absolute Gasteiger partial charge is 0.287 e. The normalized spacial score (nSPS) is 18.6. The van der Waals surface area contributed by atoms with Crippen molar-refractivity contribution in [2.75, 3.05) is 18.5 Å². The van der Waals surface area contributed by atoms with Gasteiger partial charge in [0, 0.05) is 25.0 Å². The van der Waals surface area contributed by atoms with Crippen molar-refractivity contribution in [2.45, 2.75) is 31.7 Å². The van der Waals surface area contributed by atoms with E-state index in [1.165, 1.54) is 0 Å². The Bertz CT molecular complexity index is 410. The zero-order valence-electron chi connectivity index (χ0n) is 10.5. The molecule has 1 aromatic heterocycles. The van der Waals surface area contributed by atoms with E-state index in [4.69, 9.17) is 9.15 Å². The molecule has 1 aliphatic heterocycles. The standard InChI is InChI=1S/C13H18BrNO3/c1-2-10-3-4-11(18-10)12(16)15-13(9-14)5-7-17-8-6-13/h3-4H,2,5-9H2,1H3,(H,15,16). The van der Waals surface area contributed by atoms with Gasteiger partial charge >= 0.3 is 0 Å². The highest BCUT2D eigenvalue weighted by atomic mass is 79.9. The molecule has 2 heterocycles. The van der Waals surface area contributed by atoms with E-state index < -0.39 is 0 Å². The van der Waals surface area contributed by atoms with E-state index in [1.807, 2.05) is 13.0 Å². The van der Waals surface area contributed by atoms with Crippen LogP contribution in [0.15, 0.2) is 16.5 Å². The third-order valence-corrected chi connectivity index (χ3v) is 4.39. The Balaban J connectivity index is 2.04. The van der Waals surface area contributed by atoms with Gasteiger partial charge in [-0.2, -0.15) is 0 Å². The average Bonchev–Trinajstić information content (AvgIpc) is 2.88. The van der Waals surface area contributed by atoms with Crippen LogP contribution in [-0.4, -0.2) is 30.0 Å². The molecule has 1 aromatic rings. The molecule has 0 spiro atoms. The molecule has 0 aromatic carbocycles. The third-order valence-electron chi connectivity index (χ3n) is 3.32. The van der Waals surface area contributed by atoms with Gasteiger partial charge in [0.2, 0.25) is 0 Å². The highest BCUT2D eigenvalue weighted by Gasteiger charge is 2.33. The molecule has 0 atom stereocenters. The number of alkyl halides is 1. The van der Waals surface area contributed by atoms with E-state index in [0.717, 1.165) is 30.4 Å². The zero-order chi connectivity index (χ0) is 13.0. The summed E-state index contributed by atoms with van der Waals surface area (Å²) < 4.78 is 10.8. The molecular formula is C13H18BrNO3. The van der Waals surface area contributed by atoms with Crippen LogP contribution in [-0.2, 0) is 11.2 Å². The maximum absolute atomic E-state index is 12.1. The van der Waals surface area contributed by atoms with E-state index >= 15 is 0 Å². The molecule has 1 amide bonds. The summed E-state index contributed by atoms with van der Waals surface area (Å²) in [5, 5.41) is 3.81. The first-order valence-electron chi connectivity index (χ1n) is 6.24. The summed E-state index contributed by atoms with van der Waals surface area (Å²) in [6, 6.07) is 3.58. The van der Waals surface area contributed by atoms with Gasteiger partial charge in [0.1, 0.15) is 5.76 Å². The Morgan fingerprint density at radius 2 is 2.17 bits per heavy atom. The van der Waals surface area contributed by atoms with E-state index in [-0.39, 0.29) is 11.4 Å². The number of amides is 1. The summed E-state index contributed by atoms with van der Waals surface area (Å²) in [5.41, 5.74) is -0.214. The first-order chi connectivity index (χ1) is 8.69. The number of aryl methyl sites for hydroxylation is 1. The predicted molar refractivity (Wildman–Crippen MR) is 72.1 cm³/mol. The maximum Gasteiger partial charge on any atom is 0.287 e. The topological polar surface area (TPSA) is 51.5 Å². The number of nitrogens with one attached hydrogen (secondary N) is 1. The molecule has 0 aliphatic carbocycles. The van der Waals surface area contributed by atoms with Gasteiger partial charge in [-0.05, 0) is 25.0 Å². The molecule has 4 nitrogen and oxygen atoms in total. The second-order valence-electron chi connectivity index (χ2n) is 4.60. The van der Waals surface area contributed by atoms with E-state index in [0.29, 0.717) is 19.0 Å². The zero-order valence-corrected chi connectivity index (χ0v) is 12.1. The molecule has 1 aliphatic rings. The summed E-state index contributed by atoms with van der Waals surface area (Å²) >= 11 is 3.49. The number of rotatable bonds is 4. The van der Waals surface area contributed by atoms with Crippen LogP contribution in [0, 0.1) is 0 Å². The largest absolute Gasteiger partial charge is 0.456 e. The van der Waals surface area contributed by atoms with Crippen molar-refractivity contribution >= 4 is 21.8 Å². The van der Waals surface area contributed by atoms with Crippen molar-refractivity contribution in [3.63, 3.8) is 0 Å². The van der Waals surface area contributed by atoms with Crippen molar-refractivity contribution in [2.24, 2.45) is 0 Å². The van der Waals surface area contributed by atoms with Gasteiger partial charge in [-0.15, -0.1) is 0 Å². The van der Waals surface area contributed by atoms with Crippen molar-refractivity contribution in [3.8, 4) is 0 Å². The number of hydrogen-bond donors (Lipinski definition) is 1. The van der Waals surface area contributed by atoms with Crippen LogP contribution in [0.2, 0.25) is 0 Å². The molecule has 0 bridgehead atoms. The fourth-order valence-electron chi connectivity index (χ4n) is 2.05. The Morgan fingerprint density at radius 3 is 2.72 bits per heavy atom. The number of carbonyl (C=O) groups excluding carboxylic acids is 1. The molecule has 2 rings (SSSR count). The maximum atomic E-state index is 12.1. The Hall–Kier alpha value is -0.810. The molecule has 5 heteroatoms. The highest BCUT2D eigenvalue weighted by molar-refractivity contribution is 9.09. The number of furan rings is 1. The van der Waals surface area contributed by atoms with Gasteiger partial charge in [-0.25, -0.2) is 0 Å². The van der Waals surface area contributed by atoms with Gasteiger partial charge in [-0.3, -0.25) is 4.79 Å². The molecule has 0 radical (unpaired) electrons. The van der Waals surface area contributed by atoms with Gasteiger partial charge in [0.25, 0.3) is 5.91 Å². The van der Waals surface area contributed by atoms with Gasteiger partial charge < -0.3 is 14.5 Å². The van der Waals surface area contributed by atoms with Crippen LogP contribution < -0.4 is 5.32 Å². The van der Waals surface area contributed by atoms with Crippen LogP contribution in [0.5, 0.6) is 0 Å². The van der Waals surface area contributed by atoms with E-state index in [9.17, 15) is 4.79 Å². The predicted octanol–water partition coefficient (Wildman–Crippen LogP) is 2.52. The minimum absolute atomic E-state index is 0.143. The number of ether oxygens (including phenoxy) is 1. The lowest BCUT2D eigenvalue weighted by atomic mass is 9.92. The average molecular weight is 316 g/mol. The first-order valence-corrected chi connectivity index (χ1v) is 7.36. The lowest BCUT2D eigenvalue weighted by Gasteiger charge is -2.36. The molecule has 1 saturated heterocycles.